The van der Waals surface area contributed by atoms with Gasteiger partial charge in [-0.15, -0.1) is 0 Å². The van der Waals surface area contributed by atoms with Gasteiger partial charge in [-0.3, -0.25) is 4.79 Å². The molecule has 1 atom stereocenters. The maximum Gasteiger partial charge on any atom is 0.343 e. The Labute approximate surface area is 233 Å². The summed E-state index contributed by atoms with van der Waals surface area (Å²) in [6.45, 7) is 1.59. The van der Waals surface area contributed by atoms with Gasteiger partial charge in [-0.2, -0.15) is 5.10 Å². The van der Waals surface area contributed by atoms with Gasteiger partial charge in [-0.05, 0) is 67.6 Å². The number of amides is 1. The second kappa shape index (κ2) is 13.2. The predicted octanol–water partition coefficient (Wildman–Crippen LogP) is 5.81. The second-order valence-electron chi connectivity index (χ2n) is 8.16. The summed E-state index contributed by atoms with van der Waals surface area (Å²) < 4.78 is 17.6. The zero-order valence-corrected chi connectivity index (χ0v) is 22.3. The molecule has 0 aromatic heterocycles. The molecule has 0 aliphatic carbocycles. The molecular weight excluding hydrogens is 564 g/mol. The van der Waals surface area contributed by atoms with Crippen molar-refractivity contribution in [2.75, 3.05) is 0 Å². The first-order chi connectivity index (χ1) is 18.9. The highest BCUT2D eigenvalue weighted by Gasteiger charge is 2.16. The van der Waals surface area contributed by atoms with E-state index in [4.69, 9.17) is 14.2 Å². The zero-order chi connectivity index (χ0) is 27.6. The van der Waals surface area contributed by atoms with Crippen LogP contribution in [0.4, 0.5) is 0 Å². The highest BCUT2D eigenvalue weighted by Crippen LogP contribution is 2.26. The second-order valence-corrected chi connectivity index (χ2v) is 9.07. The molecule has 1 amide bonds. The van der Waals surface area contributed by atoms with Crippen molar-refractivity contribution in [3.05, 3.63) is 124 Å². The summed E-state index contributed by atoms with van der Waals surface area (Å²) in [5.41, 5.74) is 3.48. The fourth-order valence-corrected chi connectivity index (χ4v) is 3.54. The van der Waals surface area contributed by atoms with Gasteiger partial charge < -0.3 is 14.2 Å². The summed E-state index contributed by atoms with van der Waals surface area (Å²) in [5.74, 6) is -0.885. The molecule has 0 radical (unpaired) electrons. The molecule has 4 aromatic rings. The number of rotatable bonds is 9. The van der Waals surface area contributed by atoms with E-state index >= 15 is 0 Å². The number of benzene rings is 4. The number of hydrogen-bond donors (Lipinski definition) is 1. The SMILES string of the molecule is C[C@H](Oc1ccc(Br)cc1)C(=O)N/N=C\c1ccc(OC(=O)c2ccccc2)cc1OC(=O)c1ccccc1. The minimum atomic E-state index is -0.821. The Morgan fingerprint density at radius 1 is 0.769 bits per heavy atom. The predicted molar refractivity (Wildman–Crippen MR) is 149 cm³/mol. The van der Waals surface area contributed by atoms with Gasteiger partial charge in [0.15, 0.2) is 6.10 Å². The number of halogens is 1. The Morgan fingerprint density at radius 2 is 1.33 bits per heavy atom. The van der Waals surface area contributed by atoms with E-state index in [0.29, 0.717) is 22.4 Å². The van der Waals surface area contributed by atoms with Crippen LogP contribution in [-0.4, -0.2) is 30.2 Å². The van der Waals surface area contributed by atoms with Crippen molar-refractivity contribution in [1.29, 1.82) is 0 Å². The van der Waals surface area contributed by atoms with E-state index in [1.807, 2.05) is 0 Å². The number of carbonyl (C=O) groups is 3. The number of hydrogen-bond acceptors (Lipinski definition) is 7. The summed E-state index contributed by atoms with van der Waals surface area (Å²) in [6.07, 6.45) is 0.499. The van der Waals surface area contributed by atoms with Crippen LogP contribution in [0.3, 0.4) is 0 Å². The van der Waals surface area contributed by atoms with E-state index < -0.39 is 23.9 Å². The Balaban J connectivity index is 1.49. The molecule has 0 heterocycles. The van der Waals surface area contributed by atoms with Crippen LogP contribution in [0.1, 0.15) is 33.2 Å². The Kier molecular flexibility index (Phi) is 9.20. The lowest BCUT2D eigenvalue weighted by atomic mass is 10.2. The molecule has 8 nitrogen and oxygen atoms in total. The average molecular weight is 587 g/mol. The highest BCUT2D eigenvalue weighted by molar-refractivity contribution is 9.10. The maximum absolute atomic E-state index is 12.7. The fourth-order valence-electron chi connectivity index (χ4n) is 3.27. The molecule has 0 fully saturated rings. The van der Waals surface area contributed by atoms with Crippen LogP contribution >= 0.6 is 15.9 Å². The Hall–Kier alpha value is -4.76. The molecule has 0 aliphatic heterocycles. The van der Waals surface area contributed by atoms with Crippen molar-refractivity contribution in [3.63, 3.8) is 0 Å². The first kappa shape index (κ1) is 27.3. The van der Waals surface area contributed by atoms with Crippen LogP contribution in [0.15, 0.2) is 113 Å². The van der Waals surface area contributed by atoms with E-state index in [9.17, 15) is 14.4 Å². The van der Waals surface area contributed by atoms with Gasteiger partial charge >= 0.3 is 11.9 Å². The molecule has 0 saturated heterocycles. The molecule has 0 unspecified atom stereocenters. The standard InChI is InChI=1S/C30H23BrN2O6/c1-20(37-25-16-13-24(31)14-17-25)28(34)33-32-19-23-12-15-26(38-29(35)21-8-4-2-5-9-21)18-27(23)39-30(36)22-10-6-3-7-11-22/h2-20H,1H3,(H,33,34)/b32-19-/t20-/m0/s1. The summed E-state index contributed by atoms with van der Waals surface area (Å²) >= 11 is 3.35. The summed E-state index contributed by atoms with van der Waals surface area (Å²) in [6, 6.07) is 28.5. The van der Waals surface area contributed by atoms with Crippen molar-refractivity contribution in [1.82, 2.24) is 5.43 Å². The van der Waals surface area contributed by atoms with Crippen LogP contribution in [0.25, 0.3) is 0 Å². The molecule has 0 bridgehead atoms. The van der Waals surface area contributed by atoms with Crippen LogP contribution in [0, 0.1) is 0 Å². The maximum atomic E-state index is 12.7. The first-order valence-corrected chi connectivity index (χ1v) is 12.6. The summed E-state index contributed by atoms with van der Waals surface area (Å²) in [7, 11) is 0. The van der Waals surface area contributed by atoms with Gasteiger partial charge in [-0.1, -0.05) is 52.3 Å². The third-order valence-electron chi connectivity index (χ3n) is 5.29. The summed E-state index contributed by atoms with van der Waals surface area (Å²) in [4.78, 5) is 37.7. The number of ether oxygens (including phenoxy) is 3. The minimum Gasteiger partial charge on any atom is -0.481 e. The van der Waals surface area contributed by atoms with Crippen LogP contribution in [-0.2, 0) is 4.79 Å². The van der Waals surface area contributed by atoms with Crippen molar-refractivity contribution < 1.29 is 28.6 Å². The van der Waals surface area contributed by atoms with Crippen molar-refractivity contribution >= 4 is 40.0 Å². The third-order valence-corrected chi connectivity index (χ3v) is 5.82. The number of carbonyl (C=O) groups excluding carboxylic acids is 3. The number of hydrazone groups is 1. The molecular formula is C30H23BrN2O6. The zero-order valence-electron chi connectivity index (χ0n) is 20.7. The summed E-state index contributed by atoms with van der Waals surface area (Å²) in [5, 5.41) is 3.99. The Bertz CT molecular complexity index is 1470. The molecule has 0 spiro atoms. The van der Waals surface area contributed by atoms with Crippen molar-refractivity contribution in [3.8, 4) is 17.2 Å². The van der Waals surface area contributed by atoms with Crippen LogP contribution in [0.2, 0.25) is 0 Å². The lowest BCUT2D eigenvalue weighted by Gasteiger charge is -2.13. The van der Waals surface area contributed by atoms with E-state index in [1.165, 1.54) is 18.3 Å². The third kappa shape index (κ3) is 7.86. The number of nitrogens with zero attached hydrogens (tertiary/aromatic N) is 1. The van der Waals surface area contributed by atoms with E-state index in [0.717, 1.165) is 4.47 Å². The topological polar surface area (TPSA) is 103 Å². The van der Waals surface area contributed by atoms with Gasteiger partial charge in [0.05, 0.1) is 17.3 Å². The van der Waals surface area contributed by atoms with Gasteiger partial charge in [-0.25, -0.2) is 15.0 Å². The molecule has 9 heteroatoms. The quantitative estimate of drug-likeness (QED) is 0.115. The Morgan fingerprint density at radius 3 is 1.95 bits per heavy atom. The van der Waals surface area contributed by atoms with E-state index in [1.54, 1.807) is 97.9 Å². The fraction of sp³-hybridized carbons (Fsp3) is 0.0667. The minimum absolute atomic E-state index is 0.0828. The normalized spacial score (nSPS) is 11.4. The first-order valence-electron chi connectivity index (χ1n) is 11.8. The number of nitrogens with one attached hydrogen (secondary N) is 1. The molecule has 1 N–H and O–H groups in total. The van der Waals surface area contributed by atoms with Gasteiger partial charge in [0.25, 0.3) is 5.91 Å². The lowest BCUT2D eigenvalue weighted by Crippen LogP contribution is -2.33. The molecule has 4 aromatic carbocycles. The van der Waals surface area contributed by atoms with E-state index in [2.05, 4.69) is 26.5 Å². The molecule has 0 saturated carbocycles. The van der Waals surface area contributed by atoms with Gasteiger partial charge in [0.2, 0.25) is 0 Å². The average Bonchev–Trinajstić information content (AvgIpc) is 2.96. The van der Waals surface area contributed by atoms with Gasteiger partial charge in [0.1, 0.15) is 17.2 Å². The molecule has 196 valence electrons. The van der Waals surface area contributed by atoms with Crippen molar-refractivity contribution in [2.24, 2.45) is 5.10 Å². The van der Waals surface area contributed by atoms with Crippen molar-refractivity contribution in [2.45, 2.75) is 13.0 Å². The monoisotopic (exact) mass is 586 g/mol. The van der Waals surface area contributed by atoms with E-state index in [-0.39, 0.29) is 11.5 Å². The molecule has 4 rings (SSSR count). The van der Waals surface area contributed by atoms with Crippen LogP contribution in [0.5, 0.6) is 17.2 Å². The largest absolute Gasteiger partial charge is 0.481 e. The molecule has 0 aliphatic rings. The van der Waals surface area contributed by atoms with Gasteiger partial charge in [0, 0.05) is 16.1 Å². The highest BCUT2D eigenvalue weighted by atomic mass is 79.9. The van der Waals surface area contributed by atoms with Crippen LogP contribution < -0.4 is 19.6 Å². The molecule has 39 heavy (non-hydrogen) atoms. The smallest absolute Gasteiger partial charge is 0.343 e. The lowest BCUT2D eigenvalue weighted by molar-refractivity contribution is -0.127. The number of esters is 2.